The summed E-state index contributed by atoms with van der Waals surface area (Å²) in [5, 5.41) is 78.0. The number of carbonyl (C=O) groups is 8. The Balaban J connectivity index is -0.000000133. The van der Waals surface area contributed by atoms with Crippen molar-refractivity contribution in [3.63, 3.8) is 0 Å². The normalized spacial score (nSPS) is 13.4. The Labute approximate surface area is 456 Å². The van der Waals surface area contributed by atoms with Gasteiger partial charge >= 0.3 is 85.5 Å². The van der Waals surface area contributed by atoms with E-state index in [0.717, 1.165) is 24.9 Å². The Hall–Kier alpha value is -4.46. The molecule has 1 radical (unpaired) electrons. The number of carboxylic acid groups (broad SMARTS) is 8. The smallest absolute Gasteiger partial charge is 0 e. The van der Waals surface area contributed by atoms with Crippen LogP contribution in [0.3, 0.4) is 0 Å². The number of aliphatic carboxylic acids is 8. The molecule has 1 aliphatic rings. The molecule has 395 valence electrons. The summed E-state index contributed by atoms with van der Waals surface area (Å²) in [5.74, 6) is -7.92. The predicted molar refractivity (Wildman–Crippen MR) is 249 cm³/mol. The summed E-state index contributed by atoms with van der Waals surface area (Å²) < 4.78 is 0. The summed E-state index contributed by atoms with van der Waals surface area (Å²) in [6.07, 6.45) is 7.44. The molecule has 1 saturated heterocycles. The van der Waals surface area contributed by atoms with Crippen LogP contribution in [0.25, 0.3) is 0 Å². The van der Waals surface area contributed by atoms with Crippen LogP contribution in [0.2, 0.25) is 0 Å². The number of nitrogens with one attached hydrogen (secondary N) is 4. The van der Waals surface area contributed by atoms with Crippen LogP contribution in [0.5, 0.6) is 0 Å². The molecule has 6 atom stereocenters. The van der Waals surface area contributed by atoms with E-state index in [0.29, 0.717) is 50.9 Å². The topological polar surface area (TPSA) is 583 Å². The molecule has 2 heterocycles. The summed E-state index contributed by atoms with van der Waals surface area (Å²) in [6, 6.07) is 4.79. The van der Waals surface area contributed by atoms with Gasteiger partial charge in [0.2, 0.25) is 0 Å². The molecular formula is C38H71CaMnN13O16Zn. The van der Waals surface area contributed by atoms with Crippen LogP contribution in [-0.2, 0) is 87.7 Å². The maximum atomic E-state index is 10.4. The maximum absolute atomic E-state index is 10.4. The van der Waals surface area contributed by atoms with Gasteiger partial charge in [-0.3, -0.25) is 43.8 Å². The van der Waals surface area contributed by atoms with Crippen molar-refractivity contribution in [2.45, 2.75) is 100 Å². The van der Waals surface area contributed by atoms with Crippen LogP contribution >= 0.6 is 0 Å². The summed E-state index contributed by atoms with van der Waals surface area (Å²) in [5.41, 5.74) is 42.3. The number of hydrogen-bond donors (Lipinski definition) is 20. The number of nitrogens with two attached hydrogens (primary N) is 8. The molecule has 1 aromatic heterocycles. The molecule has 0 saturated carbocycles. The Bertz CT molecular complexity index is 1730. The van der Waals surface area contributed by atoms with Crippen LogP contribution in [-0.4, -0.2) is 205 Å². The van der Waals surface area contributed by atoms with Crippen molar-refractivity contribution in [1.29, 1.82) is 5.41 Å². The summed E-state index contributed by atoms with van der Waals surface area (Å²) >= 11 is 0. The number of guanidine groups is 1. The fourth-order valence-electron chi connectivity index (χ4n) is 4.10. The first-order valence-corrected chi connectivity index (χ1v) is 20.0. The molecular weight excluding hydrogens is 1050 g/mol. The molecule has 0 bridgehead atoms. The number of imidazole rings is 1. The first kappa shape index (κ1) is 79.7. The fraction of sp³-hybridized carbons (Fsp3) is 0.526. The third kappa shape index (κ3) is 54.5. The van der Waals surface area contributed by atoms with E-state index < -0.39 is 78.0 Å². The van der Waals surface area contributed by atoms with Crippen molar-refractivity contribution >= 4 is 91.5 Å². The summed E-state index contributed by atoms with van der Waals surface area (Å²) in [4.78, 5) is 86.7. The molecule has 28 N–H and O–H groups in total. The number of aromatic amines is 1. The molecule has 0 spiro atoms. The van der Waals surface area contributed by atoms with E-state index in [1.54, 1.807) is 6.20 Å². The number of rotatable bonds is 21. The van der Waals surface area contributed by atoms with Gasteiger partial charge in [0, 0.05) is 62.1 Å². The number of hydrogen-bond acceptors (Lipinski definition) is 18. The molecule has 32 heteroatoms. The summed E-state index contributed by atoms with van der Waals surface area (Å²) in [6.45, 7) is 1.56. The van der Waals surface area contributed by atoms with Crippen LogP contribution in [0.15, 0.2) is 42.9 Å². The van der Waals surface area contributed by atoms with Gasteiger partial charge in [0.1, 0.15) is 36.3 Å². The number of benzene rings is 1. The van der Waals surface area contributed by atoms with Gasteiger partial charge in [-0.1, -0.05) is 30.3 Å². The molecule has 1 aromatic carbocycles. The van der Waals surface area contributed by atoms with E-state index in [2.05, 4.69) is 26.3 Å². The van der Waals surface area contributed by atoms with Crippen molar-refractivity contribution in [3.8, 4) is 0 Å². The second-order valence-corrected chi connectivity index (χ2v) is 13.6. The summed E-state index contributed by atoms with van der Waals surface area (Å²) in [7, 11) is 0. The Morgan fingerprint density at radius 2 is 1.14 bits per heavy atom. The van der Waals surface area contributed by atoms with Crippen LogP contribution in [0, 0.1) is 5.41 Å². The number of carboxylic acids is 8. The molecule has 2 aromatic rings. The van der Waals surface area contributed by atoms with Crippen molar-refractivity contribution in [2.75, 3.05) is 26.2 Å². The van der Waals surface area contributed by atoms with Crippen molar-refractivity contribution < 1.29 is 116 Å². The molecule has 29 nitrogen and oxygen atoms in total. The van der Waals surface area contributed by atoms with E-state index >= 15 is 0 Å². The van der Waals surface area contributed by atoms with Gasteiger partial charge in [-0.05, 0) is 70.0 Å². The zero-order valence-electron chi connectivity index (χ0n) is 37.9. The van der Waals surface area contributed by atoms with Gasteiger partial charge in [0.25, 0.3) is 0 Å². The second-order valence-electron chi connectivity index (χ2n) is 13.6. The van der Waals surface area contributed by atoms with E-state index in [1.807, 2.05) is 30.3 Å². The molecule has 70 heavy (non-hydrogen) atoms. The van der Waals surface area contributed by atoms with Gasteiger partial charge in [0.15, 0.2) is 5.96 Å². The zero-order chi connectivity index (χ0) is 52.5. The van der Waals surface area contributed by atoms with E-state index in [4.69, 9.17) is 86.4 Å². The van der Waals surface area contributed by atoms with Crippen molar-refractivity contribution in [2.24, 2.45) is 45.9 Å². The number of nitrogens with zero attached hydrogens (tertiary/aromatic N) is 1. The first-order valence-electron chi connectivity index (χ1n) is 20.0. The predicted octanol–water partition coefficient (Wildman–Crippen LogP) is -5.00. The maximum Gasteiger partial charge on any atom is 0 e. The molecule has 0 amide bonds. The van der Waals surface area contributed by atoms with Gasteiger partial charge < -0.3 is 102 Å². The van der Waals surface area contributed by atoms with Gasteiger partial charge in [-0.25, -0.2) is 4.98 Å². The standard InChI is InChI=1S/C9H11NO2.C6H14N4O2.C6H9N3O2.C5H12N2O2.C5H9NO4.C5H9NO2.C2H5NO2.Ca.Mn.Zn.2H/c10-8(9(11)12)6-7-4-2-1-3-5-7;7-4(5(11)12)2-1-3-10-6(8)9;7-5(6(10)11)1-4-2-8-3-9-4;6-3-1-2-4(7)5(8)9;6-3(5(9)10)1-2-4(7)8;7-5(8)4-2-1-3-6-4;3-1-2(4)5;;;;;/h1-5,8H,6,10H2,(H,11,12);4H,1-3,7H2,(H,11,12)(H4,8,9,10);2-3,5H,1,7H2,(H,8,9)(H,10,11);4H,1-3,6-7H2,(H,8,9);3H,1-2,6H2,(H,7,8)(H,9,10);4,6H,1-3H2,(H,7,8);1,3H2,(H,4,5);;;;;. The van der Waals surface area contributed by atoms with Gasteiger partial charge in [-0.2, -0.15) is 0 Å². The van der Waals surface area contributed by atoms with Crippen LogP contribution in [0.1, 0.15) is 62.6 Å². The third-order valence-electron chi connectivity index (χ3n) is 7.80. The first-order chi connectivity index (χ1) is 31.2. The minimum atomic E-state index is -1.17. The monoisotopic (exact) mass is 1120 g/mol. The Morgan fingerprint density at radius 3 is 1.47 bits per heavy atom. The van der Waals surface area contributed by atoms with Gasteiger partial charge in [-0.15, -0.1) is 0 Å². The Morgan fingerprint density at radius 1 is 0.700 bits per heavy atom. The average molecular weight is 1130 g/mol. The molecule has 1 fully saturated rings. The fourth-order valence-corrected chi connectivity index (χ4v) is 4.10. The van der Waals surface area contributed by atoms with Crippen LogP contribution < -0.4 is 56.5 Å². The van der Waals surface area contributed by atoms with E-state index in [1.165, 1.54) is 6.33 Å². The largest absolute Gasteiger partial charge is 0 e. The molecule has 3 rings (SSSR count). The zero-order valence-corrected chi connectivity index (χ0v) is 42.0. The number of H-pyrrole nitrogens is 1. The molecule has 0 aliphatic carbocycles. The number of aromatic nitrogens is 2. The SMILES string of the molecule is N=C(N)NCCCC(N)C(=O)O.NC(CCC(=O)O)C(=O)O.NC(Cc1c[nH]cn1)C(=O)O.NC(Cc1ccccc1)C(=O)O.NCC(=O)O.NCCCC(N)C(=O)O.O=C(O)C1CCCN1.[CaH2].[Mn].[Zn]. The Kier molecular flexibility index (Phi) is 57.9. The quantitative estimate of drug-likeness (QED) is 0.0241. The van der Waals surface area contributed by atoms with Crippen molar-refractivity contribution in [3.05, 3.63) is 54.1 Å². The van der Waals surface area contributed by atoms with Crippen LogP contribution in [0.4, 0.5) is 0 Å². The minimum absolute atomic E-state index is 0. The molecule has 1 aliphatic heterocycles. The van der Waals surface area contributed by atoms with Gasteiger partial charge in [0.05, 0.1) is 18.6 Å². The van der Waals surface area contributed by atoms with E-state index in [-0.39, 0.29) is 112 Å². The average Bonchev–Trinajstić information content (AvgIpc) is 4.01. The second kappa shape index (κ2) is 50.9. The van der Waals surface area contributed by atoms with E-state index in [9.17, 15) is 38.4 Å². The molecule has 6 unspecified atom stereocenters. The third-order valence-corrected chi connectivity index (χ3v) is 7.80. The minimum Gasteiger partial charge on any atom is 0 e. The van der Waals surface area contributed by atoms with Crippen molar-refractivity contribution in [1.82, 2.24) is 20.6 Å².